The molecule has 1 aromatic rings. The lowest BCUT2D eigenvalue weighted by molar-refractivity contribution is -0.139. The Bertz CT molecular complexity index is 882. The third-order valence-corrected chi connectivity index (χ3v) is 4.05. The highest BCUT2D eigenvalue weighted by Crippen LogP contribution is 2.44. The largest absolute Gasteiger partial charge is 0.494 e. The first-order valence-electron chi connectivity index (χ1n) is 8.45. The molecular formula is C19H19F3N2O4. The summed E-state index contributed by atoms with van der Waals surface area (Å²) in [6, 6.07) is 4.70. The van der Waals surface area contributed by atoms with E-state index in [9.17, 15) is 23.2 Å². The van der Waals surface area contributed by atoms with E-state index in [0.29, 0.717) is 0 Å². The molecule has 0 spiro atoms. The number of nitrogens with zero attached hydrogens (tertiary/aromatic N) is 1. The highest BCUT2D eigenvalue weighted by Gasteiger charge is 2.40. The first kappa shape index (κ1) is 21.2. The van der Waals surface area contributed by atoms with Crippen LogP contribution in [0.2, 0.25) is 0 Å². The quantitative estimate of drug-likeness (QED) is 0.762. The lowest BCUT2D eigenvalue weighted by atomic mass is 9.82. The Morgan fingerprint density at radius 2 is 2.00 bits per heavy atom. The summed E-state index contributed by atoms with van der Waals surface area (Å²) in [7, 11) is 0. The fraction of sp³-hybridized carbons (Fsp3) is 0.368. The number of benzene rings is 1. The van der Waals surface area contributed by atoms with E-state index < -0.39 is 23.6 Å². The smallest absolute Gasteiger partial charge is 0.416 e. The Labute approximate surface area is 160 Å². The number of ether oxygens (including phenoxy) is 3. The van der Waals surface area contributed by atoms with Gasteiger partial charge in [0.05, 0.1) is 30.3 Å². The van der Waals surface area contributed by atoms with Crippen molar-refractivity contribution < 1.29 is 32.2 Å². The highest BCUT2D eigenvalue weighted by atomic mass is 19.4. The van der Waals surface area contributed by atoms with Crippen LogP contribution >= 0.6 is 0 Å². The van der Waals surface area contributed by atoms with Gasteiger partial charge in [-0.2, -0.15) is 18.4 Å². The number of hydrogen-bond acceptors (Lipinski definition) is 6. The van der Waals surface area contributed by atoms with Crippen molar-refractivity contribution in [2.75, 3.05) is 13.2 Å². The molecule has 0 saturated carbocycles. The summed E-state index contributed by atoms with van der Waals surface area (Å²) >= 11 is 0. The van der Waals surface area contributed by atoms with E-state index >= 15 is 0 Å². The molecule has 9 heteroatoms. The molecule has 6 nitrogen and oxygen atoms in total. The van der Waals surface area contributed by atoms with Gasteiger partial charge in [0.15, 0.2) is 0 Å². The number of nitriles is 1. The monoisotopic (exact) mass is 396 g/mol. The molecule has 1 unspecified atom stereocenters. The molecule has 1 atom stereocenters. The van der Waals surface area contributed by atoms with Crippen LogP contribution < -0.4 is 10.5 Å². The maximum absolute atomic E-state index is 13.3. The van der Waals surface area contributed by atoms with Crippen molar-refractivity contribution in [1.29, 1.82) is 5.26 Å². The van der Waals surface area contributed by atoms with Crippen LogP contribution in [-0.2, 0) is 20.4 Å². The molecule has 0 aliphatic carbocycles. The Morgan fingerprint density at radius 3 is 2.54 bits per heavy atom. The summed E-state index contributed by atoms with van der Waals surface area (Å²) in [5.41, 5.74) is 4.50. The Balaban J connectivity index is 2.79. The van der Waals surface area contributed by atoms with Crippen LogP contribution in [0.3, 0.4) is 0 Å². The summed E-state index contributed by atoms with van der Waals surface area (Å²) in [5, 5.41) is 9.55. The standard InChI is InChI=1S/C19H19F3N2O4/c1-4-26-14-7-6-11(19(20,21)22)8-12(14)16-13(9-23)17(24)28-10(3)15(16)18(25)27-5-2/h6-8,16H,4-5,24H2,1-3H3. The average Bonchev–Trinajstić information content (AvgIpc) is 2.61. The number of halogens is 3. The summed E-state index contributed by atoms with van der Waals surface area (Å²) in [5.74, 6) is -2.19. The number of rotatable bonds is 5. The average molecular weight is 396 g/mol. The number of carbonyl (C=O) groups is 1. The van der Waals surface area contributed by atoms with Crippen LogP contribution in [0.1, 0.15) is 37.8 Å². The van der Waals surface area contributed by atoms with Gasteiger partial charge in [-0.05, 0) is 39.0 Å². The van der Waals surface area contributed by atoms with Gasteiger partial charge in [-0.15, -0.1) is 0 Å². The van der Waals surface area contributed by atoms with Crippen molar-refractivity contribution in [1.82, 2.24) is 0 Å². The number of carbonyl (C=O) groups excluding carboxylic acids is 1. The van der Waals surface area contributed by atoms with Crippen molar-refractivity contribution in [3.05, 3.63) is 52.1 Å². The molecule has 0 aromatic heterocycles. The summed E-state index contributed by atoms with van der Waals surface area (Å²) < 4.78 is 55.6. The van der Waals surface area contributed by atoms with Gasteiger partial charge in [-0.25, -0.2) is 4.79 Å². The van der Waals surface area contributed by atoms with Crippen molar-refractivity contribution in [2.24, 2.45) is 5.73 Å². The van der Waals surface area contributed by atoms with Crippen LogP contribution in [0, 0.1) is 11.3 Å². The van der Waals surface area contributed by atoms with Crippen molar-refractivity contribution in [2.45, 2.75) is 32.9 Å². The van der Waals surface area contributed by atoms with Gasteiger partial charge in [0.2, 0.25) is 5.88 Å². The van der Waals surface area contributed by atoms with Crippen LogP contribution in [0.4, 0.5) is 13.2 Å². The lowest BCUT2D eigenvalue weighted by Crippen LogP contribution is -2.26. The first-order valence-corrected chi connectivity index (χ1v) is 8.45. The van der Waals surface area contributed by atoms with Crippen molar-refractivity contribution in [3.63, 3.8) is 0 Å². The SMILES string of the molecule is CCOC(=O)C1=C(C)OC(N)=C(C#N)C1c1cc(C(F)(F)F)ccc1OCC. The van der Waals surface area contributed by atoms with Crippen LogP contribution in [0.15, 0.2) is 41.0 Å². The summed E-state index contributed by atoms with van der Waals surface area (Å²) in [6.45, 7) is 4.87. The van der Waals surface area contributed by atoms with E-state index in [-0.39, 0.29) is 47.3 Å². The van der Waals surface area contributed by atoms with Crippen LogP contribution in [0.5, 0.6) is 5.75 Å². The molecule has 0 fully saturated rings. The first-order chi connectivity index (χ1) is 13.1. The topological polar surface area (TPSA) is 94.6 Å². The predicted octanol–water partition coefficient (Wildman–Crippen LogP) is 3.75. The summed E-state index contributed by atoms with van der Waals surface area (Å²) in [6.07, 6.45) is -4.63. The zero-order valence-electron chi connectivity index (χ0n) is 15.5. The van der Waals surface area contributed by atoms with E-state index in [1.165, 1.54) is 6.92 Å². The van der Waals surface area contributed by atoms with E-state index in [0.717, 1.165) is 18.2 Å². The molecule has 2 rings (SSSR count). The number of hydrogen-bond donors (Lipinski definition) is 1. The van der Waals surface area contributed by atoms with E-state index in [2.05, 4.69) is 0 Å². The van der Waals surface area contributed by atoms with Gasteiger partial charge in [0.25, 0.3) is 0 Å². The molecule has 28 heavy (non-hydrogen) atoms. The molecular weight excluding hydrogens is 377 g/mol. The molecule has 0 bridgehead atoms. The van der Waals surface area contributed by atoms with Crippen molar-refractivity contribution in [3.8, 4) is 11.8 Å². The Hall–Kier alpha value is -3.15. The molecule has 150 valence electrons. The molecule has 1 aliphatic rings. The zero-order chi connectivity index (χ0) is 21.1. The van der Waals surface area contributed by atoms with Gasteiger partial charge in [-0.1, -0.05) is 0 Å². The Kier molecular flexibility index (Phi) is 6.23. The molecule has 1 aliphatic heterocycles. The van der Waals surface area contributed by atoms with E-state index in [1.807, 2.05) is 6.07 Å². The maximum atomic E-state index is 13.3. The number of alkyl halides is 3. The highest BCUT2D eigenvalue weighted by molar-refractivity contribution is 5.92. The van der Waals surface area contributed by atoms with Crippen LogP contribution in [0.25, 0.3) is 0 Å². The van der Waals surface area contributed by atoms with Crippen LogP contribution in [-0.4, -0.2) is 19.2 Å². The Morgan fingerprint density at radius 1 is 1.32 bits per heavy atom. The second-order valence-corrected chi connectivity index (χ2v) is 5.80. The van der Waals surface area contributed by atoms with Gasteiger partial charge in [-0.3, -0.25) is 0 Å². The minimum absolute atomic E-state index is 0.0260. The molecule has 1 aromatic carbocycles. The zero-order valence-corrected chi connectivity index (χ0v) is 15.5. The second kappa shape index (κ2) is 8.25. The van der Waals surface area contributed by atoms with Gasteiger partial charge in [0.1, 0.15) is 23.2 Å². The third kappa shape index (κ3) is 4.06. The normalized spacial score (nSPS) is 17.1. The third-order valence-electron chi connectivity index (χ3n) is 4.05. The van der Waals surface area contributed by atoms with Gasteiger partial charge < -0.3 is 19.9 Å². The van der Waals surface area contributed by atoms with Gasteiger partial charge >= 0.3 is 12.1 Å². The lowest BCUT2D eigenvalue weighted by Gasteiger charge is -2.28. The predicted molar refractivity (Wildman–Crippen MR) is 92.6 cm³/mol. The molecule has 2 N–H and O–H groups in total. The molecule has 1 heterocycles. The molecule has 0 saturated heterocycles. The number of nitrogens with two attached hydrogens (primary N) is 1. The van der Waals surface area contributed by atoms with Crippen molar-refractivity contribution >= 4 is 5.97 Å². The fourth-order valence-electron chi connectivity index (χ4n) is 2.90. The number of esters is 1. The van der Waals surface area contributed by atoms with Gasteiger partial charge in [0, 0.05) is 5.56 Å². The maximum Gasteiger partial charge on any atom is 0.416 e. The van der Waals surface area contributed by atoms with E-state index in [1.54, 1.807) is 13.8 Å². The minimum Gasteiger partial charge on any atom is -0.494 e. The second-order valence-electron chi connectivity index (χ2n) is 5.80. The summed E-state index contributed by atoms with van der Waals surface area (Å²) in [4.78, 5) is 12.5. The molecule has 0 amide bonds. The molecule has 0 radical (unpaired) electrons. The minimum atomic E-state index is -4.63. The van der Waals surface area contributed by atoms with E-state index in [4.69, 9.17) is 19.9 Å². The number of allylic oxidation sites excluding steroid dienone is 2. The fourth-order valence-corrected chi connectivity index (χ4v) is 2.90.